The quantitative estimate of drug-likeness (QED) is 0.842. The van der Waals surface area contributed by atoms with Crippen LogP contribution in [-0.2, 0) is 7.05 Å². The fourth-order valence-corrected chi connectivity index (χ4v) is 1.68. The standard InChI is InChI=1S/C12H19N3O/c1-8(2)10-7-14-12(15(3)11(10)16)13-6-9-4-5-9/h7-9H,4-6H2,1-3H3,(H,13,14). The van der Waals surface area contributed by atoms with Crippen molar-refractivity contribution in [3.63, 3.8) is 0 Å². The summed E-state index contributed by atoms with van der Waals surface area (Å²) in [7, 11) is 1.77. The molecule has 2 rings (SSSR count). The van der Waals surface area contributed by atoms with E-state index in [1.807, 2.05) is 13.8 Å². The molecular weight excluding hydrogens is 202 g/mol. The van der Waals surface area contributed by atoms with Crippen molar-refractivity contribution in [1.82, 2.24) is 9.55 Å². The minimum absolute atomic E-state index is 0.0586. The maximum atomic E-state index is 12.0. The van der Waals surface area contributed by atoms with Gasteiger partial charge in [0.25, 0.3) is 5.56 Å². The van der Waals surface area contributed by atoms with Gasteiger partial charge in [-0.3, -0.25) is 9.36 Å². The summed E-state index contributed by atoms with van der Waals surface area (Å²) in [4.78, 5) is 16.3. The lowest BCUT2D eigenvalue weighted by Gasteiger charge is -2.12. The fraction of sp³-hybridized carbons (Fsp3) is 0.667. The molecule has 4 heteroatoms. The number of nitrogens with zero attached hydrogens (tertiary/aromatic N) is 2. The first-order chi connectivity index (χ1) is 7.59. The SMILES string of the molecule is CC(C)c1cnc(NCC2CC2)n(C)c1=O. The average molecular weight is 221 g/mol. The van der Waals surface area contributed by atoms with Gasteiger partial charge in [-0.25, -0.2) is 4.98 Å². The van der Waals surface area contributed by atoms with Gasteiger partial charge in [0.2, 0.25) is 5.95 Å². The van der Waals surface area contributed by atoms with E-state index in [0.717, 1.165) is 18.0 Å². The van der Waals surface area contributed by atoms with Crippen LogP contribution in [0.15, 0.2) is 11.0 Å². The molecule has 1 aromatic heterocycles. The summed E-state index contributed by atoms with van der Waals surface area (Å²) in [5, 5.41) is 3.23. The van der Waals surface area contributed by atoms with Crippen molar-refractivity contribution >= 4 is 5.95 Å². The summed E-state index contributed by atoms with van der Waals surface area (Å²) in [6.45, 7) is 4.95. The summed E-state index contributed by atoms with van der Waals surface area (Å²) in [6.07, 6.45) is 4.29. The Bertz CT molecular complexity index is 432. The second kappa shape index (κ2) is 4.28. The molecule has 1 fully saturated rings. The van der Waals surface area contributed by atoms with Gasteiger partial charge in [0, 0.05) is 25.4 Å². The van der Waals surface area contributed by atoms with Crippen molar-refractivity contribution in [1.29, 1.82) is 0 Å². The van der Waals surface area contributed by atoms with Crippen LogP contribution in [0.1, 0.15) is 38.2 Å². The molecule has 88 valence electrons. The fourth-order valence-electron chi connectivity index (χ4n) is 1.68. The van der Waals surface area contributed by atoms with Crippen LogP contribution >= 0.6 is 0 Å². The maximum Gasteiger partial charge on any atom is 0.258 e. The van der Waals surface area contributed by atoms with Crippen LogP contribution in [0.3, 0.4) is 0 Å². The lowest BCUT2D eigenvalue weighted by Crippen LogP contribution is -2.26. The van der Waals surface area contributed by atoms with Gasteiger partial charge in [0.1, 0.15) is 0 Å². The summed E-state index contributed by atoms with van der Waals surface area (Å²) in [5.41, 5.74) is 0.836. The third-order valence-corrected chi connectivity index (χ3v) is 3.06. The first-order valence-electron chi connectivity index (χ1n) is 5.89. The van der Waals surface area contributed by atoms with Crippen LogP contribution in [-0.4, -0.2) is 16.1 Å². The monoisotopic (exact) mass is 221 g/mol. The summed E-state index contributed by atoms with van der Waals surface area (Å²) in [5.74, 6) is 1.69. The van der Waals surface area contributed by atoms with E-state index in [1.165, 1.54) is 12.8 Å². The van der Waals surface area contributed by atoms with E-state index in [9.17, 15) is 4.79 Å². The minimum Gasteiger partial charge on any atom is -0.355 e. The van der Waals surface area contributed by atoms with Crippen molar-refractivity contribution in [2.75, 3.05) is 11.9 Å². The van der Waals surface area contributed by atoms with Gasteiger partial charge < -0.3 is 5.32 Å². The Labute approximate surface area is 95.7 Å². The third-order valence-electron chi connectivity index (χ3n) is 3.06. The number of anilines is 1. The Kier molecular flexibility index (Phi) is 2.99. The number of hydrogen-bond acceptors (Lipinski definition) is 3. The van der Waals surface area contributed by atoms with Crippen LogP contribution in [0.2, 0.25) is 0 Å². The normalized spacial score (nSPS) is 15.5. The van der Waals surface area contributed by atoms with Crippen LogP contribution in [0.5, 0.6) is 0 Å². The van der Waals surface area contributed by atoms with Gasteiger partial charge in [-0.15, -0.1) is 0 Å². The van der Waals surface area contributed by atoms with Crippen molar-refractivity contribution in [2.45, 2.75) is 32.6 Å². The lowest BCUT2D eigenvalue weighted by atomic mass is 10.1. The Morgan fingerprint density at radius 1 is 1.56 bits per heavy atom. The van der Waals surface area contributed by atoms with Gasteiger partial charge in [0.15, 0.2) is 0 Å². The molecule has 1 aliphatic carbocycles. The maximum absolute atomic E-state index is 12.0. The molecule has 0 amide bonds. The van der Waals surface area contributed by atoms with E-state index in [0.29, 0.717) is 5.95 Å². The molecule has 4 nitrogen and oxygen atoms in total. The largest absolute Gasteiger partial charge is 0.355 e. The summed E-state index contributed by atoms with van der Waals surface area (Å²) >= 11 is 0. The smallest absolute Gasteiger partial charge is 0.258 e. The zero-order valence-corrected chi connectivity index (χ0v) is 10.2. The Morgan fingerprint density at radius 2 is 2.25 bits per heavy atom. The second-order valence-corrected chi connectivity index (χ2v) is 4.88. The van der Waals surface area contributed by atoms with Gasteiger partial charge in [-0.05, 0) is 24.7 Å². The molecule has 0 bridgehead atoms. The topological polar surface area (TPSA) is 46.9 Å². The molecule has 0 saturated heterocycles. The average Bonchev–Trinajstić information content (AvgIpc) is 3.03. The second-order valence-electron chi connectivity index (χ2n) is 4.88. The van der Waals surface area contributed by atoms with E-state index in [-0.39, 0.29) is 11.5 Å². The van der Waals surface area contributed by atoms with Crippen molar-refractivity contribution in [2.24, 2.45) is 13.0 Å². The van der Waals surface area contributed by atoms with E-state index >= 15 is 0 Å². The highest BCUT2D eigenvalue weighted by Gasteiger charge is 2.21. The van der Waals surface area contributed by atoms with Crippen LogP contribution in [0, 0.1) is 5.92 Å². The number of nitrogens with one attached hydrogen (secondary N) is 1. The van der Waals surface area contributed by atoms with E-state index in [1.54, 1.807) is 17.8 Å². The van der Waals surface area contributed by atoms with E-state index in [4.69, 9.17) is 0 Å². The number of hydrogen-bond donors (Lipinski definition) is 1. The number of aromatic nitrogens is 2. The highest BCUT2D eigenvalue weighted by molar-refractivity contribution is 5.28. The van der Waals surface area contributed by atoms with Gasteiger partial charge >= 0.3 is 0 Å². The van der Waals surface area contributed by atoms with Gasteiger partial charge in [0.05, 0.1) is 0 Å². The molecule has 0 unspecified atom stereocenters. The predicted molar refractivity (Wildman–Crippen MR) is 64.8 cm³/mol. The molecule has 0 aromatic carbocycles. The molecule has 0 atom stereocenters. The first-order valence-corrected chi connectivity index (χ1v) is 5.89. The van der Waals surface area contributed by atoms with E-state index < -0.39 is 0 Å². The molecule has 1 aliphatic rings. The van der Waals surface area contributed by atoms with Crippen molar-refractivity contribution in [3.05, 3.63) is 22.1 Å². The molecule has 1 heterocycles. The van der Waals surface area contributed by atoms with Crippen LogP contribution in [0.25, 0.3) is 0 Å². The van der Waals surface area contributed by atoms with Crippen molar-refractivity contribution in [3.8, 4) is 0 Å². The molecule has 1 N–H and O–H groups in total. The van der Waals surface area contributed by atoms with Gasteiger partial charge in [-0.2, -0.15) is 0 Å². The molecule has 0 spiro atoms. The predicted octanol–water partition coefficient (Wildman–Crippen LogP) is 1.73. The zero-order valence-electron chi connectivity index (χ0n) is 10.2. The third kappa shape index (κ3) is 2.26. The molecule has 0 aliphatic heterocycles. The highest BCUT2D eigenvalue weighted by atomic mass is 16.1. The molecule has 16 heavy (non-hydrogen) atoms. The first kappa shape index (κ1) is 11.2. The minimum atomic E-state index is 0.0586. The molecule has 1 saturated carbocycles. The highest BCUT2D eigenvalue weighted by Crippen LogP contribution is 2.28. The Hall–Kier alpha value is -1.32. The van der Waals surface area contributed by atoms with Crippen LogP contribution < -0.4 is 10.9 Å². The number of rotatable bonds is 4. The van der Waals surface area contributed by atoms with Crippen molar-refractivity contribution < 1.29 is 0 Å². The van der Waals surface area contributed by atoms with Crippen LogP contribution in [0.4, 0.5) is 5.95 Å². The van der Waals surface area contributed by atoms with Gasteiger partial charge in [-0.1, -0.05) is 13.8 Å². The lowest BCUT2D eigenvalue weighted by molar-refractivity contribution is 0.748. The Balaban J connectivity index is 2.19. The Morgan fingerprint density at radius 3 is 2.81 bits per heavy atom. The summed E-state index contributed by atoms with van der Waals surface area (Å²) in [6, 6.07) is 0. The molecular formula is C12H19N3O. The molecule has 1 aromatic rings. The zero-order chi connectivity index (χ0) is 11.7. The van der Waals surface area contributed by atoms with E-state index in [2.05, 4.69) is 10.3 Å². The molecule has 0 radical (unpaired) electrons. The summed E-state index contributed by atoms with van der Waals surface area (Å²) < 4.78 is 1.61.